The standard InChI is InChI=1S/C16H21NO3S/c1-10-2-3-12-13(9-21-14(12)6-10)16(20)17-5-4-11(8-17)7-15(18)19/h9-11H,2-8H2,1H3,(H,18,19). The van der Waals surface area contributed by atoms with Gasteiger partial charge in [-0.15, -0.1) is 11.3 Å². The van der Waals surface area contributed by atoms with Crippen LogP contribution in [0.3, 0.4) is 0 Å². The van der Waals surface area contributed by atoms with Gasteiger partial charge >= 0.3 is 5.97 Å². The molecule has 1 fully saturated rings. The molecule has 5 heteroatoms. The van der Waals surface area contributed by atoms with Crippen LogP contribution in [-0.2, 0) is 17.6 Å². The number of carbonyl (C=O) groups is 2. The van der Waals surface area contributed by atoms with Crippen molar-refractivity contribution in [3.05, 3.63) is 21.4 Å². The number of thiophene rings is 1. The number of amides is 1. The predicted octanol–water partition coefficient (Wildman–Crippen LogP) is 2.81. The number of carboxylic acids is 1. The lowest BCUT2D eigenvalue weighted by Gasteiger charge is -2.21. The SMILES string of the molecule is CC1CCc2c(C(=O)N3CCC(CC(=O)O)C3)csc2C1. The van der Waals surface area contributed by atoms with E-state index in [0.717, 1.165) is 31.2 Å². The molecule has 3 rings (SSSR count). The number of likely N-dealkylation sites (tertiary alicyclic amines) is 1. The smallest absolute Gasteiger partial charge is 0.303 e. The molecule has 0 aromatic carbocycles. The van der Waals surface area contributed by atoms with Gasteiger partial charge in [0.05, 0.1) is 5.56 Å². The van der Waals surface area contributed by atoms with Gasteiger partial charge in [-0.05, 0) is 43.1 Å². The van der Waals surface area contributed by atoms with Crippen LogP contribution in [0.2, 0.25) is 0 Å². The Morgan fingerprint density at radius 2 is 2.24 bits per heavy atom. The Morgan fingerprint density at radius 1 is 1.43 bits per heavy atom. The average Bonchev–Trinajstić information content (AvgIpc) is 3.03. The molecule has 1 aromatic heterocycles. The summed E-state index contributed by atoms with van der Waals surface area (Å²) in [5, 5.41) is 10.9. The third kappa shape index (κ3) is 2.98. The van der Waals surface area contributed by atoms with Crippen LogP contribution in [0.25, 0.3) is 0 Å². The topological polar surface area (TPSA) is 57.6 Å². The summed E-state index contributed by atoms with van der Waals surface area (Å²) >= 11 is 1.71. The van der Waals surface area contributed by atoms with Crippen LogP contribution >= 0.6 is 11.3 Å². The highest BCUT2D eigenvalue weighted by atomic mass is 32.1. The lowest BCUT2D eigenvalue weighted by atomic mass is 9.88. The molecule has 2 heterocycles. The number of hydrogen-bond donors (Lipinski definition) is 1. The summed E-state index contributed by atoms with van der Waals surface area (Å²) < 4.78 is 0. The first kappa shape index (κ1) is 14.6. The number of rotatable bonds is 3. The molecule has 1 amide bonds. The van der Waals surface area contributed by atoms with Gasteiger partial charge in [-0.1, -0.05) is 6.92 Å². The molecular formula is C16H21NO3S. The van der Waals surface area contributed by atoms with Crippen molar-refractivity contribution in [3.8, 4) is 0 Å². The van der Waals surface area contributed by atoms with Gasteiger partial charge in [-0.25, -0.2) is 0 Å². The minimum atomic E-state index is -0.767. The number of carbonyl (C=O) groups excluding carboxylic acids is 1. The van der Waals surface area contributed by atoms with E-state index in [1.54, 1.807) is 11.3 Å². The molecule has 2 atom stereocenters. The first-order chi connectivity index (χ1) is 10.0. The zero-order valence-electron chi connectivity index (χ0n) is 12.3. The van der Waals surface area contributed by atoms with E-state index >= 15 is 0 Å². The van der Waals surface area contributed by atoms with Gasteiger partial charge in [0.15, 0.2) is 0 Å². The Hall–Kier alpha value is -1.36. The molecule has 1 saturated heterocycles. The Balaban J connectivity index is 1.71. The molecule has 0 saturated carbocycles. The molecule has 2 aliphatic rings. The quantitative estimate of drug-likeness (QED) is 0.934. The highest BCUT2D eigenvalue weighted by molar-refractivity contribution is 7.10. The number of aliphatic carboxylic acids is 1. The van der Waals surface area contributed by atoms with Crippen molar-refractivity contribution in [2.45, 2.75) is 39.0 Å². The summed E-state index contributed by atoms with van der Waals surface area (Å²) in [6, 6.07) is 0. The number of fused-ring (bicyclic) bond motifs is 1. The van der Waals surface area contributed by atoms with Gasteiger partial charge in [0.2, 0.25) is 0 Å². The van der Waals surface area contributed by atoms with E-state index in [2.05, 4.69) is 6.92 Å². The predicted molar refractivity (Wildman–Crippen MR) is 81.8 cm³/mol. The van der Waals surface area contributed by atoms with Crippen LogP contribution < -0.4 is 0 Å². The molecule has 1 N–H and O–H groups in total. The van der Waals surface area contributed by atoms with Crippen molar-refractivity contribution in [1.82, 2.24) is 4.90 Å². The minimum Gasteiger partial charge on any atom is -0.481 e. The maximum absolute atomic E-state index is 12.7. The highest BCUT2D eigenvalue weighted by Crippen LogP contribution is 2.34. The third-order valence-electron chi connectivity index (χ3n) is 4.67. The second-order valence-corrected chi connectivity index (χ2v) is 7.37. The van der Waals surface area contributed by atoms with Gasteiger partial charge in [0.1, 0.15) is 0 Å². The molecule has 114 valence electrons. The minimum absolute atomic E-state index is 0.106. The Labute approximate surface area is 128 Å². The summed E-state index contributed by atoms with van der Waals surface area (Å²) in [6.45, 7) is 3.55. The molecule has 2 unspecified atom stereocenters. The fraction of sp³-hybridized carbons (Fsp3) is 0.625. The fourth-order valence-corrected chi connectivity index (χ4v) is 4.70. The van der Waals surface area contributed by atoms with Crippen LogP contribution in [-0.4, -0.2) is 35.0 Å². The van der Waals surface area contributed by atoms with E-state index in [1.165, 1.54) is 10.4 Å². The zero-order chi connectivity index (χ0) is 15.0. The second kappa shape index (κ2) is 5.79. The fourth-order valence-electron chi connectivity index (χ4n) is 3.46. The summed E-state index contributed by atoms with van der Waals surface area (Å²) in [7, 11) is 0. The van der Waals surface area contributed by atoms with Crippen LogP contribution in [0.15, 0.2) is 5.38 Å². The molecular weight excluding hydrogens is 286 g/mol. The van der Waals surface area contributed by atoms with Crippen molar-refractivity contribution in [1.29, 1.82) is 0 Å². The van der Waals surface area contributed by atoms with Gasteiger partial charge in [0, 0.05) is 29.8 Å². The maximum atomic E-state index is 12.7. The first-order valence-corrected chi connectivity index (χ1v) is 8.53. The van der Waals surface area contributed by atoms with E-state index in [0.29, 0.717) is 19.0 Å². The van der Waals surface area contributed by atoms with E-state index in [1.807, 2.05) is 10.3 Å². The van der Waals surface area contributed by atoms with Crippen LogP contribution in [0.1, 0.15) is 47.0 Å². The van der Waals surface area contributed by atoms with Gasteiger partial charge < -0.3 is 10.0 Å². The van der Waals surface area contributed by atoms with E-state index < -0.39 is 5.97 Å². The lowest BCUT2D eigenvalue weighted by Crippen LogP contribution is -2.29. The monoisotopic (exact) mass is 307 g/mol. The Morgan fingerprint density at radius 3 is 3.00 bits per heavy atom. The molecule has 1 aliphatic heterocycles. The van der Waals surface area contributed by atoms with Crippen molar-refractivity contribution in [2.24, 2.45) is 11.8 Å². The third-order valence-corrected chi connectivity index (χ3v) is 5.72. The van der Waals surface area contributed by atoms with Gasteiger partial charge in [0.25, 0.3) is 5.91 Å². The molecule has 0 spiro atoms. The van der Waals surface area contributed by atoms with Gasteiger partial charge in [-0.2, -0.15) is 0 Å². The molecule has 4 nitrogen and oxygen atoms in total. The molecule has 1 aliphatic carbocycles. The normalized spacial score (nSPS) is 24.9. The Kier molecular flexibility index (Phi) is 4.02. The van der Waals surface area contributed by atoms with Crippen molar-refractivity contribution in [2.75, 3.05) is 13.1 Å². The number of nitrogens with zero attached hydrogens (tertiary/aromatic N) is 1. The zero-order valence-corrected chi connectivity index (χ0v) is 13.1. The van der Waals surface area contributed by atoms with Crippen LogP contribution in [0, 0.1) is 11.8 Å². The van der Waals surface area contributed by atoms with E-state index in [9.17, 15) is 9.59 Å². The summed E-state index contributed by atoms with van der Waals surface area (Å²) in [4.78, 5) is 26.7. The summed E-state index contributed by atoms with van der Waals surface area (Å²) in [6.07, 6.45) is 4.23. The van der Waals surface area contributed by atoms with Crippen molar-refractivity contribution in [3.63, 3.8) is 0 Å². The van der Waals surface area contributed by atoms with Crippen LogP contribution in [0.5, 0.6) is 0 Å². The summed E-state index contributed by atoms with van der Waals surface area (Å²) in [5.74, 6) is 0.165. The first-order valence-electron chi connectivity index (χ1n) is 7.65. The highest BCUT2D eigenvalue weighted by Gasteiger charge is 2.31. The van der Waals surface area contributed by atoms with Crippen molar-refractivity contribution >= 4 is 23.2 Å². The van der Waals surface area contributed by atoms with Crippen LogP contribution in [0.4, 0.5) is 0 Å². The molecule has 1 aromatic rings. The van der Waals surface area contributed by atoms with Gasteiger partial charge in [-0.3, -0.25) is 9.59 Å². The molecule has 21 heavy (non-hydrogen) atoms. The summed E-state index contributed by atoms with van der Waals surface area (Å²) in [5.41, 5.74) is 2.13. The second-order valence-electron chi connectivity index (χ2n) is 6.40. The average molecular weight is 307 g/mol. The molecule has 0 radical (unpaired) electrons. The lowest BCUT2D eigenvalue weighted by molar-refractivity contribution is -0.138. The van der Waals surface area contributed by atoms with Crippen molar-refractivity contribution < 1.29 is 14.7 Å². The maximum Gasteiger partial charge on any atom is 0.303 e. The number of hydrogen-bond acceptors (Lipinski definition) is 3. The molecule has 0 bridgehead atoms. The van der Waals surface area contributed by atoms with E-state index in [4.69, 9.17) is 5.11 Å². The number of carboxylic acid groups (broad SMARTS) is 1. The largest absolute Gasteiger partial charge is 0.481 e. The Bertz CT molecular complexity index is 566. The van der Waals surface area contributed by atoms with E-state index in [-0.39, 0.29) is 18.2 Å².